The first-order valence-electron chi connectivity index (χ1n) is 1.99. The molecular weight excluding hydrogens is 145 g/mol. The van der Waals surface area contributed by atoms with Crippen LogP contribution in [-0.4, -0.2) is 20.3 Å². The van der Waals surface area contributed by atoms with E-state index < -0.39 is 8.25 Å². The number of rotatable bonds is 2. The lowest BCUT2D eigenvalue weighted by atomic mass is 10.9. The van der Waals surface area contributed by atoms with Crippen LogP contribution in [0.25, 0.3) is 0 Å². The van der Waals surface area contributed by atoms with E-state index in [4.69, 9.17) is 4.89 Å². The van der Waals surface area contributed by atoms with Gasteiger partial charge in [-0.15, -0.1) is 9.99 Å². The number of nitrogens with one attached hydrogen (secondary N) is 1. The maximum atomic E-state index is 9.91. The quantitative estimate of drug-likeness (QED) is 0.568. The van der Waals surface area contributed by atoms with E-state index in [1.165, 1.54) is 6.20 Å². The van der Waals surface area contributed by atoms with Crippen LogP contribution in [0.1, 0.15) is 0 Å². The number of H-pyrrole nitrogens is 1. The second-order valence-electron chi connectivity index (χ2n) is 1.14. The zero-order valence-corrected chi connectivity index (χ0v) is 5.08. The zero-order valence-electron chi connectivity index (χ0n) is 4.18. The molecule has 0 aliphatic carbocycles. The van der Waals surface area contributed by atoms with Crippen LogP contribution in [0.4, 0.5) is 0 Å². The first-order valence-corrected chi connectivity index (χ1v) is 3.12. The van der Waals surface area contributed by atoms with Gasteiger partial charge in [0.2, 0.25) is 0 Å². The molecule has 0 aromatic carbocycles. The minimum atomic E-state index is -2.62. The van der Waals surface area contributed by atoms with Gasteiger partial charge in [0.25, 0.3) is 0 Å². The first-order chi connectivity index (χ1) is 4.29. The summed E-state index contributed by atoms with van der Waals surface area (Å²) < 4.78 is 14.1. The molecule has 0 radical (unpaired) electrons. The summed E-state index contributed by atoms with van der Waals surface area (Å²) in [6.45, 7) is 0. The summed E-state index contributed by atoms with van der Waals surface area (Å²) in [4.78, 5) is 8.13. The molecule has 2 N–H and O–H groups in total. The van der Waals surface area contributed by atoms with E-state index in [9.17, 15) is 4.57 Å². The van der Waals surface area contributed by atoms with Crippen LogP contribution in [0, 0.1) is 0 Å². The van der Waals surface area contributed by atoms with Gasteiger partial charge in [0.1, 0.15) is 6.20 Å². The van der Waals surface area contributed by atoms with E-state index in [2.05, 4.69) is 19.9 Å². The molecule has 7 heteroatoms. The fourth-order valence-electron chi connectivity index (χ4n) is 0.315. The van der Waals surface area contributed by atoms with Crippen molar-refractivity contribution in [2.75, 3.05) is 0 Å². The third-order valence-electron chi connectivity index (χ3n) is 0.565. The summed E-state index contributed by atoms with van der Waals surface area (Å²) in [5.74, 6) is 0.0126. The van der Waals surface area contributed by atoms with E-state index in [1.54, 1.807) is 0 Å². The van der Waals surface area contributed by atoms with Gasteiger partial charge in [-0.1, -0.05) is 0 Å². The van der Waals surface area contributed by atoms with Crippen molar-refractivity contribution in [3.8, 4) is 5.88 Å². The van der Waals surface area contributed by atoms with Gasteiger partial charge in [0.05, 0.1) is 0 Å². The lowest BCUT2D eigenvalue weighted by molar-refractivity contribution is 0.404. The van der Waals surface area contributed by atoms with Gasteiger partial charge in [0, 0.05) is 4.57 Å². The summed E-state index contributed by atoms with van der Waals surface area (Å²) in [5.41, 5.74) is 0. The first kappa shape index (κ1) is 6.12. The van der Waals surface area contributed by atoms with Gasteiger partial charge in [-0.05, 0) is 0 Å². The minimum absolute atomic E-state index is 0.0126. The van der Waals surface area contributed by atoms with Crippen molar-refractivity contribution in [1.82, 2.24) is 15.4 Å². The Balaban J connectivity index is 2.58. The van der Waals surface area contributed by atoms with Gasteiger partial charge in [-0.3, -0.25) is 0 Å². The molecule has 0 fully saturated rings. The Bertz CT molecular complexity index is 197. The predicted octanol–water partition coefficient (Wildman–Crippen LogP) is -0.167. The van der Waals surface area contributed by atoms with Gasteiger partial charge in [-0.2, -0.15) is 10.3 Å². The van der Waals surface area contributed by atoms with Crippen molar-refractivity contribution >= 4 is 8.25 Å². The standard InChI is InChI=1S/C2H2N3O3P/c6-9(7)8-2-1-3-5-4-2/h1H,(H-,3,4,5,6,7)/p+1. The van der Waals surface area contributed by atoms with Crippen LogP contribution in [0.15, 0.2) is 6.20 Å². The van der Waals surface area contributed by atoms with Gasteiger partial charge in [0.15, 0.2) is 0 Å². The van der Waals surface area contributed by atoms with Gasteiger partial charge >= 0.3 is 14.1 Å². The van der Waals surface area contributed by atoms with Crippen LogP contribution < -0.4 is 4.52 Å². The number of hydrogen-bond donors (Lipinski definition) is 2. The number of aromatic nitrogens is 3. The molecule has 0 saturated carbocycles. The normalized spacial score (nSPS) is 11.0. The Morgan fingerprint density at radius 1 is 1.89 bits per heavy atom. The van der Waals surface area contributed by atoms with Crippen LogP contribution in [-0.2, 0) is 4.57 Å². The third kappa shape index (κ3) is 1.75. The van der Waals surface area contributed by atoms with Crippen molar-refractivity contribution in [2.24, 2.45) is 0 Å². The second kappa shape index (κ2) is 2.52. The molecule has 1 heterocycles. The van der Waals surface area contributed by atoms with Crippen molar-refractivity contribution in [3.05, 3.63) is 6.20 Å². The fraction of sp³-hybridized carbons (Fsp3) is 0. The maximum Gasteiger partial charge on any atom is 0.749 e. The Morgan fingerprint density at radius 3 is 3.11 bits per heavy atom. The second-order valence-corrected chi connectivity index (χ2v) is 1.80. The summed E-state index contributed by atoms with van der Waals surface area (Å²) in [5, 5.41) is 8.90. The topological polar surface area (TPSA) is 88.1 Å². The molecule has 0 bridgehead atoms. The molecule has 1 unspecified atom stereocenters. The molecule has 9 heavy (non-hydrogen) atoms. The number of aromatic amines is 1. The predicted molar refractivity (Wildman–Crippen MR) is 26.8 cm³/mol. The monoisotopic (exact) mass is 148 g/mol. The lowest BCUT2D eigenvalue weighted by Gasteiger charge is -1.73. The molecule has 0 aliphatic heterocycles. The van der Waals surface area contributed by atoms with E-state index in [-0.39, 0.29) is 5.88 Å². The van der Waals surface area contributed by atoms with Crippen molar-refractivity contribution in [1.29, 1.82) is 0 Å². The Morgan fingerprint density at radius 2 is 2.67 bits per heavy atom. The molecule has 48 valence electrons. The minimum Gasteiger partial charge on any atom is -0.205 e. The largest absolute Gasteiger partial charge is 0.749 e. The summed E-state index contributed by atoms with van der Waals surface area (Å²) >= 11 is 0. The lowest BCUT2D eigenvalue weighted by Crippen LogP contribution is -1.78. The fourth-order valence-corrected chi connectivity index (χ4v) is 0.563. The smallest absolute Gasteiger partial charge is 0.205 e. The summed E-state index contributed by atoms with van der Waals surface area (Å²) in [6.07, 6.45) is 1.20. The molecule has 0 aliphatic rings. The Hall–Kier alpha value is -1.00. The average molecular weight is 148 g/mol. The van der Waals surface area contributed by atoms with E-state index in [0.717, 1.165) is 0 Å². The molecule has 0 amide bonds. The van der Waals surface area contributed by atoms with E-state index >= 15 is 0 Å². The van der Waals surface area contributed by atoms with Crippen molar-refractivity contribution in [3.63, 3.8) is 0 Å². The van der Waals surface area contributed by atoms with Gasteiger partial charge < -0.3 is 0 Å². The van der Waals surface area contributed by atoms with E-state index in [1.807, 2.05) is 0 Å². The zero-order chi connectivity index (χ0) is 6.69. The van der Waals surface area contributed by atoms with Crippen LogP contribution in [0.3, 0.4) is 0 Å². The maximum absolute atomic E-state index is 9.91. The highest BCUT2D eigenvalue weighted by atomic mass is 31.1. The van der Waals surface area contributed by atoms with Gasteiger partial charge in [-0.25, -0.2) is 4.52 Å². The Labute approximate surface area is 50.8 Å². The van der Waals surface area contributed by atoms with E-state index in [0.29, 0.717) is 0 Å². The molecule has 1 aromatic heterocycles. The van der Waals surface area contributed by atoms with Crippen LogP contribution in [0.2, 0.25) is 0 Å². The molecular formula is C2H3N3O3P+. The summed E-state index contributed by atoms with van der Waals surface area (Å²) in [6, 6.07) is 0. The summed E-state index contributed by atoms with van der Waals surface area (Å²) in [7, 11) is -2.62. The highest BCUT2D eigenvalue weighted by molar-refractivity contribution is 7.32. The Kier molecular flexibility index (Phi) is 1.72. The molecule has 1 atom stereocenters. The molecule has 0 saturated heterocycles. The third-order valence-corrected chi connectivity index (χ3v) is 0.908. The van der Waals surface area contributed by atoms with Crippen molar-refractivity contribution in [2.45, 2.75) is 0 Å². The number of nitrogens with zero attached hydrogens (tertiary/aromatic N) is 2. The average Bonchev–Trinajstić information content (AvgIpc) is 2.15. The van der Waals surface area contributed by atoms with Crippen LogP contribution >= 0.6 is 8.25 Å². The SMILES string of the molecule is O=[P+](O)Oc1cn[nH]n1. The number of hydrogen-bond acceptors (Lipinski definition) is 4. The highest BCUT2D eigenvalue weighted by Gasteiger charge is 2.15. The molecule has 6 nitrogen and oxygen atoms in total. The van der Waals surface area contributed by atoms with Crippen LogP contribution in [0.5, 0.6) is 5.88 Å². The molecule has 0 spiro atoms. The highest BCUT2D eigenvalue weighted by Crippen LogP contribution is 2.17. The molecule has 1 aromatic rings. The van der Waals surface area contributed by atoms with Crippen molar-refractivity contribution < 1.29 is 14.0 Å². The molecule has 1 rings (SSSR count).